The first-order valence-electron chi connectivity index (χ1n) is 10.8. The summed E-state index contributed by atoms with van der Waals surface area (Å²) in [7, 11) is 0. The van der Waals surface area contributed by atoms with Crippen molar-refractivity contribution >= 4 is 11.7 Å². The molecule has 0 saturated carbocycles. The molecule has 156 valence electrons. The predicted octanol–water partition coefficient (Wildman–Crippen LogP) is 6.49. The zero-order valence-corrected chi connectivity index (χ0v) is 17.9. The second kappa shape index (κ2) is 9.82. The normalized spacial score (nSPS) is 14.7. The number of ether oxygens (including phenoxy) is 2. The third-order valence-corrected chi connectivity index (χ3v) is 5.23. The number of nitrogens with one attached hydrogen (secondary N) is 1. The molecule has 2 aromatic carbocycles. The molecule has 4 heteroatoms. The molecule has 0 aliphatic carbocycles. The number of rotatable bonds is 10. The molecule has 0 spiro atoms. The smallest absolute Gasteiger partial charge is 0.345 e. The highest BCUT2D eigenvalue weighted by molar-refractivity contribution is 5.94. The van der Waals surface area contributed by atoms with Crippen molar-refractivity contribution in [1.29, 1.82) is 0 Å². The van der Waals surface area contributed by atoms with E-state index in [0.29, 0.717) is 17.9 Å². The van der Waals surface area contributed by atoms with E-state index in [4.69, 9.17) is 9.47 Å². The Morgan fingerprint density at radius 1 is 0.862 bits per heavy atom. The van der Waals surface area contributed by atoms with E-state index in [1.54, 1.807) is 19.9 Å². The number of cyclic esters (lactones) is 1. The van der Waals surface area contributed by atoms with Gasteiger partial charge in [-0.05, 0) is 42.2 Å². The number of carbonyl (C=O) groups is 1. The summed E-state index contributed by atoms with van der Waals surface area (Å²) in [5, 5.41) is 3.38. The lowest BCUT2D eigenvalue weighted by atomic mass is 10.0. The SMILES string of the molecule is CCCCCCCCc1ccc(CNc2ccc3c(c2)C(=O)OC(C)(C)O3)cc1. The van der Waals surface area contributed by atoms with E-state index < -0.39 is 5.79 Å². The highest BCUT2D eigenvalue weighted by atomic mass is 16.7. The van der Waals surface area contributed by atoms with Gasteiger partial charge in [0.2, 0.25) is 5.79 Å². The second-order valence-electron chi connectivity index (χ2n) is 8.29. The first-order valence-corrected chi connectivity index (χ1v) is 10.8. The first kappa shape index (κ1) is 21.2. The van der Waals surface area contributed by atoms with Crippen LogP contribution in [0, 0.1) is 0 Å². The number of fused-ring (bicyclic) bond motifs is 1. The fraction of sp³-hybridized carbons (Fsp3) is 0.480. The van der Waals surface area contributed by atoms with Crippen molar-refractivity contribution in [3.05, 3.63) is 59.2 Å². The van der Waals surface area contributed by atoms with Crippen molar-refractivity contribution in [2.45, 2.75) is 78.0 Å². The van der Waals surface area contributed by atoms with Crippen LogP contribution in [0.3, 0.4) is 0 Å². The van der Waals surface area contributed by atoms with Gasteiger partial charge >= 0.3 is 5.97 Å². The molecule has 2 aromatic rings. The van der Waals surface area contributed by atoms with E-state index in [0.717, 1.165) is 12.1 Å². The lowest BCUT2D eigenvalue weighted by molar-refractivity contribution is -0.127. The maximum absolute atomic E-state index is 12.2. The molecule has 3 rings (SSSR count). The Labute approximate surface area is 174 Å². The van der Waals surface area contributed by atoms with E-state index in [1.165, 1.54) is 49.7 Å². The molecule has 1 aliphatic heterocycles. The lowest BCUT2D eigenvalue weighted by Crippen LogP contribution is -2.38. The summed E-state index contributed by atoms with van der Waals surface area (Å²) >= 11 is 0. The van der Waals surface area contributed by atoms with Crippen LogP contribution < -0.4 is 10.1 Å². The Bertz CT molecular complexity index is 811. The monoisotopic (exact) mass is 395 g/mol. The molecule has 0 aromatic heterocycles. The van der Waals surface area contributed by atoms with Gasteiger partial charge in [-0.25, -0.2) is 4.79 Å². The fourth-order valence-electron chi connectivity index (χ4n) is 3.59. The first-order chi connectivity index (χ1) is 14.0. The average Bonchev–Trinajstić information content (AvgIpc) is 2.69. The second-order valence-corrected chi connectivity index (χ2v) is 8.29. The average molecular weight is 396 g/mol. The summed E-state index contributed by atoms with van der Waals surface area (Å²) < 4.78 is 11.0. The highest BCUT2D eigenvalue weighted by Crippen LogP contribution is 2.33. The van der Waals surface area contributed by atoms with Gasteiger partial charge < -0.3 is 14.8 Å². The van der Waals surface area contributed by atoms with Crippen LogP contribution in [-0.2, 0) is 17.7 Å². The Kier molecular flexibility index (Phi) is 7.18. The summed E-state index contributed by atoms with van der Waals surface area (Å²) in [6, 6.07) is 14.4. The number of anilines is 1. The topological polar surface area (TPSA) is 47.6 Å². The van der Waals surface area contributed by atoms with Gasteiger partial charge in [0.05, 0.1) is 0 Å². The molecule has 0 atom stereocenters. The standard InChI is InChI=1S/C25H33NO3/c1-4-5-6-7-8-9-10-19-11-13-20(14-12-19)18-26-21-15-16-23-22(17-21)24(27)29-25(2,3)28-23/h11-17,26H,4-10,18H2,1-3H3. The van der Waals surface area contributed by atoms with Gasteiger partial charge in [-0.2, -0.15) is 0 Å². The summed E-state index contributed by atoms with van der Waals surface area (Å²) in [5.41, 5.74) is 3.96. The molecule has 1 aliphatic rings. The van der Waals surface area contributed by atoms with E-state index >= 15 is 0 Å². The van der Waals surface area contributed by atoms with Crippen LogP contribution in [0.5, 0.6) is 5.75 Å². The van der Waals surface area contributed by atoms with Crippen molar-refractivity contribution < 1.29 is 14.3 Å². The van der Waals surface area contributed by atoms with Crippen molar-refractivity contribution in [3.8, 4) is 5.75 Å². The number of hydrogen-bond donors (Lipinski definition) is 1. The Hall–Kier alpha value is -2.49. The minimum absolute atomic E-state index is 0.348. The Morgan fingerprint density at radius 3 is 2.31 bits per heavy atom. The van der Waals surface area contributed by atoms with E-state index in [1.807, 2.05) is 12.1 Å². The molecule has 29 heavy (non-hydrogen) atoms. The van der Waals surface area contributed by atoms with Crippen molar-refractivity contribution in [1.82, 2.24) is 0 Å². The number of esters is 1. The van der Waals surface area contributed by atoms with Gasteiger partial charge in [0.1, 0.15) is 11.3 Å². The predicted molar refractivity (Wildman–Crippen MR) is 117 cm³/mol. The zero-order valence-electron chi connectivity index (χ0n) is 17.9. The van der Waals surface area contributed by atoms with Crippen LogP contribution in [0.2, 0.25) is 0 Å². The van der Waals surface area contributed by atoms with Gasteiger partial charge in [0, 0.05) is 26.1 Å². The molecule has 0 fully saturated rings. The maximum Gasteiger partial charge on any atom is 0.345 e. The van der Waals surface area contributed by atoms with E-state index in [-0.39, 0.29) is 5.97 Å². The zero-order chi connectivity index (χ0) is 20.7. The number of carbonyl (C=O) groups excluding carboxylic acids is 1. The molecule has 4 nitrogen and oxygen atoms in total. The third kappa shape index (κ3) is 6.25. The Morgan fingerprint density at radius 2 is 1.55 bits per heavy atom. The van der Waals surface area contributed by atoms with Crippen LogP contribution in [-0.4, -0.2) is 11.8 Å². The molecule has 0 bridgehead atoms. The molecule has 1 heterocycles. The van der Waals surface area contributed by atoms with Gasteiger partial charge in [-0.15, -0.1) is 0 Å². The number of unbranched alkanes of at least 4 members (excludes halogenated alkanes) is 5. The van der Waals surface area contributed by atoms with Crippen molar-refractivity contribution in [2.24, 2.45) is 0 Å². The maximum atomic E-state index is 12.2. The van der Waals surface area contributed by atoms with E-state index in [9.17, 15) is 4.79 Å². The van der Waals surface area contributed by atoms with Crippen LogP contribution in [0.15, 0.2) is 42.5 Å². The van der Waals surface area contributed by atoms with Crippen LogP contribution in [0.4, 0.5) is 5.69 Å². The molecular formula is C25H33NO3. The summed E-state index contributed by atoms with van der Waals surface area (Å²) in [6.45, 7) is 6.43. The van der Waals surface area contributed by atoms with Gasteiger partial charge in [-0.3, -0.25) is 0 Å². The van der Waals surface area contributed by atoms with Crippen LogP contribution >= 0.6 is 0 Å². The van der Waals surface area contributed by atoms with Crippen molar-refractivity contribution in [2.75, 3.05) is 5.32 Å². The fourth-order valence-corrected chi connectivity index (χ4v) is 3.59. The van der Waals surface area contributed by atoms with Crippen LogP contribution in [0.1, 0.15) is 80.8 Å². The Balaban J connectivity index is 1.48. The molecule has 0 unspecified atom stereocenters. The van der Waals surface area contributed by atoms with Crippen LogP contribution in [0.25, 0.3) is 0 Å². The number of benzene rings is 2. The number of aryl methyl sites for hydroxylation is 1. The molecule has 0 amide bonds. The molecular weight excluding hydrogens is 362 g/mol. The van der Waals surface area contributed by atoms with E-state index in [2.05, 4.69) is 36.5 Å². The highest BCUT2D eigenvalue weighted by Gasteiger charge is 2.33. The largest absolute Gasteiger partial charge is 0.452 e. The molecule has 0 saturated heterocycles. The van der Waals surface area contributed by atoms with Gasteiger partial charge in [0.15, 0.2) is 0 Å². The minimum atomic E-state index is -0.920. The molecule has 0 radical (unpaired) electrons. The summed E-state index contributed by atoms with van der Waals surface area (Å²) in [5.74, 6) is -0.703. The lowest BCUT2D eigenvalue weighted by Gasteiger charge is -2.31. The summed E-state index contributed by atoms with van der Waals surface area (Å²) in [4.78, 5) is 12.2. The van der Waals surface area contributed by atoms with Crippen molar-refractivity contribution in [3.63, 3.8) is 0 Å². The number of hydrogen-bond acceptors (Lipinski definition) is 4. The van der Waals surface area contributed by atoms with Gasteiger partial charge in [0.25, 0.3) is 0 Å². The minimum Gasteiger partial charge on any atom is -0.452 e. The molecule has 1 N–H and O–H groups in total. The summed E-state index contributed by atoms with van der Waals surface area (Å²) in [6.07, 6.45) is 9.13. The van der Waals surface area contributed by atoms with Gasteiger partial charge in [-0.1, -0.05) is 63.3 Å². The third-order valence-electron chi connectivity index (χ3n) is 5.23. The quantitative estimate of drug-likeness (QED) is 0.369.